The van der Waals surface area contributed by atoms with Crippen LogP contribution in [0.25, 0.3) is 6.08 Å². The quantitative estimate of drug-likeness (QED) is 0.851. The summed E-state index contributed by atoms with van der Waals surface area (Å²) in [5.74, 6) is -0.428. The number of nitrogens with two attached hydrogens (primary N) is 1. The third-order valence-corrected chi connectivity index (χ3v) is 2.44. The molecule has 3 nitrogen and oxygen atoms in total. The van der Waals surface area contributed by atoms with Crippen molar-refractivity contribution in [3.05, 3.63) is 40.0 Å². The summed E-state index contributed by atoms with van der Waals surface area (Å²) >= 11 is 3.35. The number of carbonyl (C=O) groups is 1. The van der Waals surface area contributed by atoms with Crippen LogP contribution in [0.1, 0.15) is 5.56 Å². The van der Waals surface area contributed by atoms with E-state index in [1.54, 1.807) is 25.1 Å². The van der Waals surface area contributed by atoms with E-state index >= 15 is 0 Å². The molecule has 1 aromatic rings. The highest BCUT2D eigenvalue weighted by Crippen LogP contribution is 2.13. The van der Waals surface area contributed by atoms with Gasteiger partial charge in [-0.25, -0.2) is 0 Å². The van der Waals surface area contributed by atoms with Gasteiger partial charge in [0.2, 0.25) is 0 Å². The SMILES string of the molecule is CN(C)/C(=C\c1ccc(Br)cc1)C(N)=O. The Morgan fingerprint density at radius 1 is 1.33 bits per heavy atom. The summed E-state index contributed by atoms with van der Waals surface area (Å²) in [7, 11) is 3.57. The molecule has 0 spiro atoms. The molecule has 15 heavy (non-hydrogen) atoms. The van der Waals surface area contributed by atoms with Gasteiger partial charge >= 0.3 is 0 Å². The largest absolute Gasteiger partial charge is 0.373 e. The van der Waals surface area contributed by atoms with Crippen LogP contribution in [0, 0.1) is 0 Å². The Morgan fingerprint density at radius 2 is 1.87 bits per heavy atom. The summed E-state index contributed by atoms with van der Waals surface area (Å²) in [4.78, 5) is 12.8. The van der Waals surface area contributed by atoms with Crippen molar-refractivity contribution >= 4 is 27.9 Å². The molecule has 0 bridgehead atoms. The molecule has 0 aliphatic rings. The predicted molar refractivity (Wildman–Crippen MR) is 65.0 cm³/mol. The topological polar surface area (TPSA) is 46.3 Å². The van der Waals surface area contributed by atoms with Crippen molar-refractivity contribution in [2.45, 2.75) is 0 Å². The fourth-order valence-corrected chi connectivity index (χ4v) is 1.40. The molecule has 80 valence electrons. The van der Waals surface area contributed by atoms with Gasteiger partial charge in [-0.05, 0) is 23.8 Å². The highest BCUT2D eigenvalue weighted by molar-refractivity contribution is 9.10. The van der Waals surface area contributed by atoms with Crippen molar-refractivity contribution in [1.82, 2.24) is 4.90 Å². The summed E-state index contributed by atoms with van der Waals surface area (Å²) < 4.78 is 1.00. The lowest BCUT2D eigenvalue weighted by molar-refractivity contribution is -0.115. The van der Waals surface area contributed by atoms with Gasteiger partial charge in [-0.2, -0.15) is 0 Å². The van der Waals surface area contributed by atoms with Gasteiger partial charge in [0.15, 0.2) is 0 Å². The number of hydrogen-bond donors (Lipinski definition) is 1. The maximum Gasteiger partial charge on any atom is 0.264 e. The average molecular weight is 269 g/mol. The second-order valence-corrected chi connectivity index (χ2v) is 4.26. The first-order valence-electron chi connectivity index (χ1n) is 4.45. The summed E-state index contributed by atoms with van der Waals surface area (Å²) in [5.41, 5.74) is 6.69. The molecule has 0 saturated heterocycles. The van der Waals surface area contributed by atoms with Crippen molar-refractivity contribution in [2.24, 2.45) is 5.73 Å². The maximum atomic E-state index is 11.1. The van der Waals surface area contributed by atoms with Gasteiger partial charge in [-0.1, -0.05) is 28.1 Å². The van der Waals surface area contributed by atoms with Gasteiger partial charge in [0.25, 0.3) is 5.91 Å². The van der Waals surface area contributed by atoms with E-state index in [-0.39, 0.29) is 0 Å². The van der Waals surface area contributed by atoms with Crippen LogP contribution in [0.5, 0.6) is 0 Å². The summed E-state index contributed by atoms with van der Waals surface area (Å²) in [5, 5.41) is 0. The Hall–Kier alpha value is -1.29. The Balaban J connectivity index is 3.02. The van der Waals surface area contributed by atoms with E-state index in [4.69, 9.17) is 5.73 Å². The molecular weight excluding hydrogens is 256 g/mol. The predicted octanol–water partition coefficient (Wildman–Crippen LogP) is 1.84. The molecule has 0 unspecified atom stereocenters. The lowest BCUT2D eigenvalue weighted by Gasteiger charge is -2.13. The molecule has 4 heteroatoms. The van der Waals surface area contributed by atoms with Crippen molar-refractivity contribution in [1.29, 1.82) is 0 Å². The first kappa shape index (κ1) is 11.8. The van der Waals surface area contributed by atoms with E-state index in [2.05, 4.69) is 15.9 Å². The minimum atomic E-state index is -0.428. The Bertz CT molecular complexity index is 382. The zero-order valence-corrected chi connectivity index (χ0v) is 10.3. The van der Waals surface area contributed by atoms with Crippen LogP contribution in [0.4, 0.5) is 0 Å². The van der Waals surface area contributed by atoms with Crippen molar-refractivity contribution < 1.29 is 4.79 Å². The molecule has 1 aromatic carbocycles. The number of halogens is 1. The number of primary amides is 1. The van der Waals surface area contributed by atoms with Crippen LogP contribution in [-0.2, 0) is 4.79 Å². The minimum absolute atomic E-state index is 0.428. The minimum Gasteiger partial charge on any atom is -0.373 e. The number of nitrogens with zero attached hydrogens (tertiary/aromatic N) is 1. The van der Waals surface area contributed by atoms with Gasteiger partial charge < -0.3 is 10.6 Å². The molecule has 0 atom stereocenters. The van der Waals surface area contributed by atoms with E-state index in [0.29, 0.717) is 5.70 Å². The number of benzene rings is 1. The van der Waals surface area contributed by atoms with E-state index < -0.39 is 5.91 Å². The maximum absolute atomic E-state index is 11.1. The van der Waals surface area contributed by atoms with Crippen molar-refractivity contribution in [3.63, 3.8) is 0 Å². The van der Waals surface area contributed by atoms with Crippen LogP contribution < -0.4 is 5.73 Å². The van der Waals surface area contributed by atoms with E-state index in [9.17, 15) is 4.79 Å². The number of rotatable bonds is 3. The Morgan fingerprint density at radius 3 is 2.27 bits per heavy atom. The lowest BCUT2D eigenvalue weighted by Crippen LogP contribution is -2.25. The average Bonchev–Trinajstić information content (AvgIpc) is 2.15. The molecule has 0 fully saturated rings. The van der Waals surface area contributed by atoms with Gasteiger partial charge in [-0.3, -0.25) is 4.79 Å². The Labute approximate surface area is 97.7 Å². The van der Waals surface area contributed by atoms with E-state index in [1.165, 1.54) is 0 Å². The number of carbonyl (C=O) groups excluding carboxylic acids is 1. The van der Waals surface area contributed by atoms with Crippen molar-refractivity contribution in [3.8, 4) is 0 Å². The van der Waals surface area contributed by atoms with Crippen molar-refractivity contribution in [2.75, 3.05) is 14.1 Å². The fraction of sp³-hybridized carbons (Fsp3) is 0.182. The third-order valence-electron chi connectivity index (χ3n) is 1.91. The van der Waals surface area contributed by atoms with Crippen LogP contribution in [0.3, 0.4) is 0 Å². The lowest BCUT2D eigenvalue weighted by atomic mass is 10.2. The number of hydrogen-bond acceptors (Lipinski definition) is 2. The second-order valence-electron chi connectivity index (χ2n) is 3.34. The monoisotopic (exact) mass is 268 g/mol. The number of amides is 1. The summed E-state index contributed by atoms with van der Waals surface area (Å²) in [6.07, 6.45) is 1.76. The zero-order valence-electron chi connectivity index (χ0n) is 8.70. The van der Waals surface area contributed by atoms with E-state index in [0.717, 1.165) is 10.0 Å². The normalized spacial score (nSPS) is 11.3. The van der Waals surface area contributed by atoms with Crippen LogP contribution >= 0.6 is 15.9 Å². The third kappa shape index (κ3) is 3.40. The highest BCUT2D eigenvalue weighted by atomic mass is 79.9. The molecule has 2 N–H and O–H groups in total. The first-order chi connectivity index (χ1) is 7.00. The van der Waals surface area contributed by atoms with E-state index in [1.807, 2.05) is 24.3 Å². The van der Waals surface area contributed by atoms with Crippen LogP contribution in [-0.4, -0.2) is 24.9 Å². The summed E-state index contributed by atoms with van der Waals surface area (Å²) in [6.45, 7) is 0. The smallest absolute Gasteiger partial charge is 0.264 e. The fourth-order valence-electron chi connectivity index (χ4n) is 1.14. The molecule has 1 rings (SSSR count). The molecule has 1 amide bonds. The standard InChI is InChI=1S/C11H13BrN2O/c1-14(2)10(11(13)15)7-8-3-5-9(12)6-4-8/h3-7H,1-2H3,(H2,13,15)/b10-7-. The zero-order chi connectivity index (χ0) is 11.4. The molecule has 0 saturated carbocycles. The molecule has 0 aliphatic heterocycles. The van der Waals surface area contributed by atoms with Crippen LogP contribution in [0.15, 0.2) is 34.4 Å². The molecule has 0 aliphatic carbocycles. The highest BCUT2D eigenvalue weighted by Gasteiger charge is 2.06. The second kappa shape index (κ2) is 4.98. The van der Waals surface area contributed by atoms with Gasteiger partial charge in [0.1, 0.15) is 5.70 Å². The van der Waals surface area contributed by atoms with Gasteiger partial charge in [0, 0.05) is 18.6 Å². The van der Waals surface area contributed by atoms with Gasteiger partial charge in [-0.15, -0.1) is 0 Å². The molecule has 0 aromatic heterocycles. The summed E-state index contributed by atoms with van der Waals surface area (Å²) in [6, 6.07) is 7.66. The first-order valence-corrected chi connectivity index (χ1v) is 5.24. The Kier molecular flexibility index (Phi) is 3.91. The molecule has 0 radical (unpaired) electrons. The van der Waals surface area contributed by atoms with Gasteiger partial charge in [0.05, 0.1) is 0 Å². The molecular formula is C11H13BrN2O. The van der Waals surface area contributed by atoms with Crippen LogP contribution in [0.2, 0.25) is 0 Å². The number of likely N-dealkylation sites (N-methyl/N-ethyl adjacent to an activating group) is 1. The molecule has 0 heterocycles.